The minimum absolute atomic E-state index is 0.0341. The van der Waals surface area contributed by atoms with Gasteiger partial charge in [-0.3, -0.25) is 4.79 Å². The summed E-state index contributed by atoms with van der Waals surface area (Å²) in [5, 5.41) is 0. The molecule has 0 bridgehead atoms. The Morgan fingerprint density at radius 1 is 1.36 bits per heavy atom. The molecule has 0 aromatic rings. The largest absolute Gasteiger partial charge is 0.383 e. The van der Waals surface area contributed by atoms with Gasteiger partial charge in [-0.25, -0.2) is 0 Å². The lowest BCUT2D eigenvalue weighted by atomic mass is 10.2. The number of amides is 1. The monoisotopic (exact) mass is 337 g/mol. The first-order chi connectivity index (χ1) is 10.5. The van der Waals surface area contributed by atoms with E-state index in [4.69, 9.17) is 14.2 Å². The van der Waals surface area contributed by atoms with E-state index in [9.17, 15) is 13.2 Å². The summed E-state index contributed by atoms with van der Waals surface area (Å²) >= 11 is 0. The number of carbonyl (C=O) groups is 1. The summed E-state index contributed by atoms with van der Waals surface area (Å²) in [6.07, 6.45) is -0.356. The van der Waals surface area contributed by atoms with Gasteiger partial charge < -0.3 is 19.1 Å². The van der Waals surface area contributed by atoms with E-state index < -0.39 is 10.2 Å². The lowest BCUT2D eigenvalue weighted by molar-refractivity contribution is -0.149. The lowest BCUT2D eigenvalue weighted by Gasteiger charge is -2.33. The van der Waals surface area contributed by atoms with E-state index >= 15 is 0 Å². The van der Waals surface area contributed by atoms with Crippen LogP contribution in [0.1, 0.15) is 0 Å². The second kappa shape index (κ2) is 8.18. The van der Waals surface area contributed by atoms with Crippen LogP contribution in [0.5, 0.6) is 0 Å². The zero-order chi connectivity index (χ0) is 16.0. The standard InChI is InChI=1S/C12H23N3O6S/c1-19-5-2-14-9-11(21-10-12(14)16)8-13-22(17,18)15-3-6-20-7-4-15/h11,13H,2-10H2,1H3. The van der Waals surface area contributed by atoms with E-state index in [0.29, 0.717) is 46.0 Å². The number of hydrogen-bond acceptors (Lipinski definition) is 6. The number of morpholine rings is 2. The van der Waals surface area contributed by atoms with E-state index in [2.05, 4.69) is 4.72 Å². The molecule has 0 aliphatic carbocycles. The molecule has 10 heteroatoms. The van der Waals surface area contributed by atoms with E-state index in [1.807, 2.05) is 0 Å². The van der Waals surface area contributed by atoms with Gasteiger partial charge in [-0.1, -0.05) is 0 Å². The topological polar surface area (TPSA) is 97.4 Å². The number of methoxy groups -OCH3 is 1. The summed E-state index contributed by atoms with van der Waals surface area (Å²) in [6.45, 7) is 2.88. The predicted molar refractivity (Wildman–Crippen MR) is 77.5 cm³/mol. The van der Waals surface area contributed by atoms with Crippen molar-refractivity contribution in [1.82, 2.24) is 13.9 Å². The molecule has 1 N–H and O–H groups in total. The summed E-state index contributed by atoms with van der Waals surface area (Å²) < 4.78 is 43.7. The molecule has 2 rings (SSSR count). The molecule has 0 spiro atoms. The quantitative estimate of drug-likeness (QED) is 0.579. The minimum Gasteiger partial charge on any atom is -0.383 e. The normalized spacial score (nSPS) is 24.7. The maximum atomic E-state index is 12.1. The Balaban J connectivity index is 1.81. The average Bonchev–Trinajstić information content (AvgIpc) is 2.54. The summed E-state index contributed by atoms with van der Waals surface area (Å²) in [6, 6.07) is 0. The fourth-order valence-corrected chi connectivity index (χ4v) is 3.51. The van der Waals surface area contributed by atoms with Crippen LogP contribution in [0.4, 0.5) is 0 Å². The first-order valence-electron chi connectivity index (χ1n) is 7.23. The van der Waals surface area contributed by atoms with Gasteiger partial charge >= 0.3 is 0 Å². The molecular weight excluding hydrogens is 314 g/mol. The second-order valence-corrected chi connectivity index (χ2v) is 6.89. The molecule has 1 unspecified atom stereocenters. The van der Waals surface area contributed by atoms with Crippen LogP contribution in [-0.2, 0) is 29.2 Å². The highest BCUT2D eigenvalue weighted by Gasteiger charge is 2.29. The Morgan fingerprint density at radius 3 is 2.77 bits per heavy atom. The van der Waals surface area contributed by atoms with Crippen LogP contribution in [-0.4, -0.2) is 95.9 Å². The highest BCUT2D eigenvalue weighted by Crippen LogP contribution is 2.08. The molecule has 1 amide bonds. The van der Waals surface area contributed by atoms with Crippen molar-refractivity contribution in [1.29, 1.82) is 0 Å². The van der Waals surface area contributed by atoms with Gasteiger partial charge in [-0.05, 0) is 0 Å². The molecule has 2 fully saturated rings. The van der Waals surface area contributed by atoms with Crippen molar-refractivity contribution < 1.29 is 27.4 Å². The fourth-order valence-electron chi connectivity index (χ4n) is 2.30. The van der Waals surface area contributed by atoms with Crippen LogP contribution in [0, 0.1) is 0 Å². The molecule has 2 aliphatic rings. The first-order valence-corrected chi connectivity index (χ1v) is 8.67. The molecule has 9 nitrogen and oxygen atoms in total. The maximum Gasteiger partial charge on any atom is 0.279 e. The van der Waals surface area contributed by atoms with Crippen LogP contribution in [0.15, 0.2) is 0 Å². The van der Waals surface area contributed by atoms with Gasteiger partial charge in [-0.15, -0.1) is 0 Å². The summed E-state index contributed by atoms with van der Waals surface area (Å²) in [4.78, 5) is 13.3. The Morgan fingerprint density at radius 2 is 2.09 bits per heavy atom. The number of rotatable bonds is 7. The summed E-state index contributed by atoms with van der Waals surface area (Å²) in [5.74, 6) is -0.107. The summed E-state index contributed by atoms with van der Waals surface area (Å²) in [5.41, 5.74) is 0. The van der Waals surface area contributed by atoms with Crippen LogP contribution >= 0.6 is 0 Å². The van der Waals surface area contributed by atoms with Crippen molar-refractivity contribution in [2.75, 3.05) is 66.3 Å². The zero-order valence-corrected chi connectivity index (χ0v) is 13.5. The Kier molecular flexibility index (Phi) is 6.53. The number of nitrogens with one attached hydrogen (secondary N) is 1. The SMILES string of the molecule is COCCN1CC(CNS(=O)(=O)N2CCOCC2)OCC1=O. The molecule has 128 valence electrons. The van der Waals surface area contributed by atoms with Crippen molar-refractivity contribution in [3.05, 3.63) is 0 Å². The fraction of sp³-hybridized carbons (Fsp3) is 0.917. The molecule has 2 heterocycles. The smallest absolute Gasteiger partial charge is 0.279 e. The van der Waals surface area contributed by atoms with Crippen LogP contribution in [0.25, 0.3) is 0 Å². The molecule has 0 saturated carbocycles. The maximum absolute atomic E-state index is 12.1. The highest BCUT2D eigenvalue weighted by atomic mass is 32.2. The highest BCUT2D eigenvalue weighted by molar-refractivity contribution is 7.87. The molecule has 2 aliphatic heterocycles. The molecule has 2 saturated heterocycles. The van der Waals surface area contributed by atoms with Gasteiger partial charge in [0.25, 0.3) is 10.2 Å². The van der Waals surface area contributed by atoms with Gasteiger partial charge in [0.1, 0.15) is 6.61 Å². The molecule has 0 aromatic heterocycles. The van der Waals surface area contributed by atoms with Crippen molar-refractivity contribution >= 4 is 16.1 Å². The van der Waals surface area contributed by atoms with Gasteiger partial charge in [-0.2, -0.15) is 17.4 Å². The zero-order valence-electron chi connectivity index (χ0n) is 12.7. The predicted octanol–water partition coefficient (Wildman–Crippen LogP) is -1.97. The molecule has 1 atom stereocenters. The molecule has 0 aromatic carbocycles. The molecule has 22 heavy (non-hydrogen) atoms. The van der Waals surface area contributed by atoms with E-state index in [1.54, 1.807) is 12.0 Å². The average molecular weight is 337 g/mol. The molecular formula is C12H23N3O6S. The van der Waals surface area contributed by atoms with Crippen LogP contribution < -0.4 is 4.72 Å². The van der Waals surface area contributed by atoms with Crippen LogP contribution in [0.2, 0.25) is 0 Å². The lowest BCUT2D eigenvalue weighted by Crippen LogP contribution is -2.53. The number of hydrogen-bond donors (Lipinski definition) is 1. The van der Waals surface area contributed by atoms with Gasteiger partial charge in [0.05, 0.1) is 25.9 Å². The number of ether oxygens (including phenoxy) is 3. The third kappa shape index (κ3) is 4.86. The van der Waals surface area contributed by atoms with E-state index in [0.717, 1.165) is 0 Å². The van der Waals surface area contributed by atoms with Crippen LogP contribution in [0.3, 0.4) is 0 Å². The van der Waals surface area contributed by atoms with Crippen molar-refractivity contribution in [3.63, 3.8) is 0 Å². The van der Waals surface area contributed by atoms with Gasteiger partial charge in [0, 0.05) is 39.8 Å². The Bertz CT molecular complexity index is 465. The van der Waals surface area contributed by atoms with E-state index in [-0.39, 0.29) is 25.2 Å². The van der Waals surface area contributed by atoms with Gasteiger partial charge in [0.15, 0.2) is 0 Å². The minimum atomic E-state index is -3.54. The number of nitrogens with zero attached hydrogens (tertiary/aromatic N) is 2. The third-order valence-corrected chi connectivity index (χ3v) is 5.16. The third-order valence-electron chi connectivity index (χ3n) is 3.59. The second-order valence-electron chi connectivity index (χ2n) is 5.13. The van der Waals surface area contributed by atoms with Crippen molar-refractivity contribution in [2.24, 2.45) is 0 Å². The van der Waals surface area contributed by atoms with Gasteiger partial charge in [0.2, 0.25) is 5.91 Å². The van der Waals surface area contributed by atoms with Crippen molar-refractivity contribution in [3.8, 4) is 0 Å². The molecule has 0 radical (unpaired) electrons. The Labute approximate surface area is 130 Å². The summed E-state index contributed by atoms with van der Waals surface area (Å²) in [7, 11) is -1.97. The first kappa shape index (κ1) is 17.6. The number of carbonyl (C=O) groups excluding carboxylic acids is 1. The van der Waals surface area contributed by atoms with Crippen molar-refractivity contribution in [2.45, 2.75) is 6.10 Å². The van der Waals surface area contributed by atoms with E-state index in [1.165, 1.54) is 4.31 Å². The Hall–Kier alpha value is -0.780.